The molecule has 2 aromatic rings. The Morgan fingerprint density at radius 3 is 2.45 bits per heavy atom. The molecule has 4 heteroatoms. The highest BCUT2D eigenvalue weighted by Gasteiger charge is 2.18. The van der Waals surface area contributed by atoms with Gasteiger partial charge in [-0.05, 0) is 29.5 Å². The summed E-state index contributed by atoms with van der Waals surface area (Å²) in [5, 5.41) is 3.95. The molecule has 0 aliphatic carbocycles. The molecule has 2 rings (SSSR count). The molecule has 4 nitrogen and oxygen atoms in total. The van der Waals surface area contributed by atoms with Crippen molar-refractivity contribution >= 4 is 5.97 Å². The Bertz CT molecular complexity index is 597. The van der Waals surface area contributed by atoms with E-state index in [9.17, 15) is 4.79 Å². The van der Waals surface area contributed by atoms with Crippen LogP contribution in [0.5, 0.6) is 5.75 Å². The fraction of sp³-hybridized carbons (Fsp3) is 0.375. The van der Waals surface area contributed by atoms with E-state index in [1.807, 2.05) is 24.3 Å². The summed E-state index contributed by atoms with van der Waals surface area (Å²) in [6.07, 6.45) is 4.19. The number of carbonyl (C=O) groups excluding carboxylic acids is 1. The third-order valence-electron chi connectivity index (χ3n) is 3.67. The number of benzene rings is 1. The molecule has 0 unspecified atom stereocenters. The van der Waals surface area contributed by atoms with E-state index in [1.54, 1.807) is 17.9 Å². The van der Waals surface area contributed by atoms with Gasteiger partial charge in [0.2, 0.25) is 0 Å². The molecule has 0 saturated carbocycles. The summed E-state index contributed by atoms with van der Waals surface area (Å²) < 4.78 is 6.90. The van der Waals surface area contributed by atoms with Crippen molar-refractivity contribution in [2.75, 3.05) is 0 Å². The van der Waals surface area contributed by atoms with Crippen LogP contribution in [0.1, 0.15) is 43.1 Å². The van der Waals surface area contributed by atoms with E-state index in [0.717, 1.165) is 6.42 Å². The van der Waals surface area contributed by atoms with Crippen LogP contribution in [0.25, 0.3) is 0 Å². The van der Waals surface area contributed by atoms with Crippen LogP contribution in [0.2, 0.25) is 0 Å². The third kappa shape index (κ3) is 3.07. The Morgan fingerprint density at radius 2 is 1.95 bits per heavy atom. The molecule has 0 amide bonds. The second-order valence-electron chi connectivity index (χ2n) is 5.55. The van der Waals surface area contributed by atoms with Crippen LogP contribution < -0.4 is 4.74 Å². The average Bonchev–Trinajstić information content (AvgIpc) is 2.86. The van der Waals surface area contributed by atoms with E-state index >= 15 is 0 Å². The van der Waals surface area contributed by atoms with Gasteiger partial charge in [0.1, 0.15) is 5.75 Å². The number of carbonyl (C=O) groups is 1. The number of rotatable bonds is 4. The molecule has 0 radical (unpaired) electrons. The second-order valence-corrected chi connectivity index (χ2v) is 5.55. The summed E-state index contributed by atoms with van der Waals surface area (Å²) >= 11 is 0. The van der Waals surface area contributed by atoms with Crippen molar-refractivity contribution in [2.24, 2.45) is 7.05 Å². The van der Waals surface area contributed by atoms with Gasteiger partial charge in [-0.25, -0.2) is 4.79 Å². The van der Waals surface area contributed by atoms with Crippen LogP contribution >= 0.6 is 0 Å². The predicted molar refractivity (Wildman–Crippen MR) is 77.9 cm³/mol. The first-order chi connectivity index (χ1) is 9.42. The Kier molecular flexibility index (Phi) is 3.93. The molecular weight excluding hydrogens is 252 g/mol. The quantitative estimate of drug-likeness (QED) is 0.633. The number of hydrogen-bond acceptors (Lipinski definition) is 3. The van der Waals surface area contributed by atoms with Crippen molar-refractivity contribution in [1.82, 2.24) is 9.78 Å². The average molecular weight is 272 g/mol. The fourth-order valence-corrected chi connectivity index (χ4v) is 1.87. The Labute approximate surface area is 119 Å². The van der Waals surface area contributed by atoms with Gasteiger partial charge in [0, 0.05) is 13.2 Å². The third-order valence-corrected chi connectivity index (χ3v) is 3.67. The van der Waals surface area contributed by atoms with Gasteiger partial charge in [0.15, 0.2) is 0 Å². The van der Waals surface area contributed by atoms with E-state index in [0.29, 0.717) is 11.3 Å². The lowest BCUT2D eigenvalue weighted by Gasteiger charge is -2.23. The largest absolute Gasteiger partial charge is 0.423 e. The van der Waals surface area contributed by atoms with Gasteiger partial charge in [-0.1, -0.05) is 32.9 Å². The zero-order valence-corrected chi connectivity index (χ0v) is 12.4. The molecule has 20 heavy (non-hydrogen) atoms. The molecule has 0 atom stereocenters. The van der Waals surface area contributed by atoms with Gasteiger partial charge in [-0.15, -0.1) is 0 Å². The lowest BCUT2D eigenvalue weighted by Crippen LogP contribution is -2.15. The first kappa shape index (κ1) is 14.3. The maximum Gasteiger partial charge on any atom is 0.346 e. The first-order valence-corrected chi connectivity index (χ1v) is 6.74. The number of esters is 1. The van der Waals surface area contributed by atoms with Gasteiger partial charge in [-0.2, -0.15) is 5.10 Å². The molecule has 0 N–H and O–H groups in total. The lowest BCUT2D eigenvalue weighted by molar-refractivity contribution is 0.0734. The van der Waals surface area contributed by atoms with Gasteiger partial charge >= 0.3 is 5.97 Å². The van der Waals surface area contributed by atoms with Crippen LogP contribution in [0.3, 0.4) is 0 Å². The standard InChI is InChI=1S/C16H20N2O2/c1-5-16(2,3)13-6-8-14(9-7-13)20-15(19)12-10-17-18(4)11-12/h6-11H,5H2,1-4H3. The second kappa shape index (κ2) is 5.49. The highest BCUT2D eigenvalue weighted by Crippen LogP contribution is 2.28. The molecular formula is C16H20N2O2. The summed E-state index contributed by atoms with van der Waals surface area (Å²) in [6.45, 7) is 6.56. The molecule has 0 aliphatic heterocycles. The first-order valence-electron chi connectivity index (χ1n) is 6.74. The van der Waals surface area contributed by atoms with Crippen molar-refractivity contribution in [1.29, 1.82) is 0 Å². The zero-order valence-electron chi connectivity index (χ0n) is 12.4. The number of aryl methyl sites for hydroxylation is 1. The van der Waals surface area contributed by atoms with Gasteiger partial charge in [-0.3, -0.25) is 4.68 Å². The maximum absolute atomic E-state index is 11.9. The highest BCUT2D eigenvalue weighted by molar-refractivity contribution is 5.90. The normalized spacial score (nSPS) is 11.4. The van der Waals surface area contributed by atoms with Crippen LogP contribution in [0, 0.1) is 0 Å². The maximum atomic E-state index is 11.9. The number of aromatic nitrogens is 2. The lowest BCUT2D eigenvalue weighted by atomic mass is 9.82. The van der Waals surface area contributed by atoms with Gasteiger partial charge in [0.25, 0.3) is 0 Å². The number of hydrogen-bond donors (Lipinski definition) is 0. The van der Waals surface area contributed by atoms with Crippen molar-refractivity contribution in [3.63, 3.8) is 0 Å². The zero-order chi connectivity index (χ0) is 14.8. The molecule has 0 aliphatic rings. The van der Waals surface area contributed by atoms with Gasteiger partial charge in [0.05, 0.1) is 11.8 Å². The molecule has 1 heterocycles. The summed E-state index contributed by atoms with van der Waals surface area (Å²) in [7, 11) is 1.76. The van der Waals surface area contributed by atoms with E-state index in [1.165, 1.54) is 11.8 Å². The molecule has 0 spiro atoms. The minimum Gasteiger partial charge on any atom is -0.423 e. The molecule has 106 valence electrons. The molecule has 0 saturated heterocycles. The molecule has 1 aromatic heterocycles. The van der Waals surface area contributed by atoms with Crippen molar-refractivity contribution in [3.05, 3.63) is 47.8 Å². The topological polar surface area (TPSA) is 44.1 Å². The summed E-state index contributed by atoms with van der Waals surface area (Å²) in [5.41, 5.74) is 1.82. The SMILES string of the molecule is CCC(C)(C)c1ccc(OC(=O)c2cnn(C)c2)cc1. The Balaban J connectivity index is 2.10. The Hall–Kier alpha value is -2.10. The molecule has 0 bridgehead atoms. The van der Waals surface area contributed by atoms with Gasteiger partial charge < -0.3 is 4.74 Å². The number of nitrogens with zero attached hydrogens (tertiary/aromatic N) is 2. The smallest absolute Gasteiger partial charge is 0.346 e. The van der Waals surface area contributed by atoms with E-state index in [4.69, 9.17) is 4.74 Å². The summed E-state index contributed by atoms with van der Waals surface area (Å²) in [5.74, 6) is 0.162. The monoisotopic (exact) mass is 272 g/mol. The van der Waals surface area contributed by atoms with Crippen LogP contribution in [0.15, 0.2) is 36.7 Å². The number of ether oxygens (including phenoxy) is 1. The predicted octanol–water partition coefficient (Wildman–Crippen LogP) is 3.33. The van der Waals surface area contributed by atoms with Crippen LogP contribution in [-0.4, -0.2) is 15.7 Å². The van der Waals surface area contributed by atoms with Crippen LogP contribution in [0.4, 0.5) is 0 Å². The van der Waals surface area contributed by atoms with Crippen molar-refractivity contribution in [3.8, 4) is 5.75 Å². The Morgan fingerprint density at radius 1 is 1.30 bits per heavy atom. The minimum atomic E-state index is -0.388. The molecule has 1 aromatic carbocycles. The van der Waals surface area contributed by atoms with E-state index < -0.39 is 0 Å². The van der Waals surface area contributed by atoms with Crippen molar-refractivity contribution < 1.29 is 9.53 Å². The minimum absolute atomic E-state index is 0.131. The molecule has 0 fully saturated rings. The summed E-state index contributed by atoms with van der Waals surface area (Å²) in [4.78, 5) is 11.9. The van der Waals surface area contributed by atoms with E-state index in [2.05, 4.69) is 25.9 Å². The highest BCUT2D eigenvalue weighted by atomic mass is 16.5. The van der Waals surface area contributed by atoms with Crippen LogP contribution in [-0.2, 0) is 12.5 Å². The fourth-order valence-electron chi connectivity index (χ4n) is 1.87. The van der Waals surface area contributed by atoms with Crippen molar-refractivity contribution in [2.45, 2.75) is 32.6 Å². The summed E-state index contributed by atoms with van der Waals surface area (Å²) in [6, 6.07) is 7.69. The van der Waals surface area contributed by atoms with E-state index in [-0.39, 0.29) is 11.4 Å².